The van der Waals surface area contributed by atoms with Crippen LogP contribution in [0.15, 0.2) is 24.3 Å². The number of carbonyl (C=O) groups is 1. The van der Waals surface area contributed by atoms with E-state index in [1.54, 1.807) is 0 Å². The summed E-state index contributed by atoms with van der Waals surface area (Å²) in [4.78, 5) is 49.1. The molecule has 0 aromatic heterocycles. The lowest BCUT2D eigenvalue weighted by atomic mass is 10.0. The van der Waals surface area contributed by atoms with Crippen LogP contribution in [0.4, 0.5) is 0 Å². The molecule has 0 bridgehead atoms. The second-order valence-electron chi connectivity index (χ2n) is 7.25. The number of aliphatic hydroxyl groups excluding tert-OH is 1. The molecule has 0 radical (unpaired) electrons. The molecule has 11 heteroatoms. The number of amides is 1. The van der Waals surface area contributed by atoms with Gasteiger partial charge in [-0.05, 0) is 36.3 Å². The molecule has 0 heterocycles. The summed E-state index contributed by atoms with van der Waals surface area (Å²) in [6.45, 7) is 3.27. The number of aryl methyl sites for hydroxylation is 1. The van der Waals surface area contributed by atoms with Crippen molar-refractivity contribution < 1.29 is 38.6 Å². The zero-order valence-electron chi connectivity index (χ0n) is 15.9. The number of nitrogens with one attached hydrogen (secondary N) is 1. The van der Waals surface area contributed by atoms with Crippen LogP contribution in [0, 0.1) is 5.92 Å². The lowest BCUT2D eigenvalue weighted by molar-refractivity contribution is -0.121. The average Bonchev–Trinajstić information content (AvgIpc) is 2.55. The molecule has 1 aromatic rings. The molecule has 0 spiro atoms. The quantitative estimate of drug-likeness (QED) is 0.283. The number of carbonyl (C=O) groups excluding carboxylic acids is 1. The minimum absolute atomic E-state index is 0.0419. The van der Waals surface area contributed by atoms with E-state index >= 15 is 0 Å². The van der Waals surface area contributed by atoms with E-state index in [2.05, 4.69) is 19.2 Å². The maximum absolute atomic E-state index is 12.1. The van der Waals surface area contributed by atoms with Crippen molar-refractivity contribution in [2.24, 2.45) is 5.92 Å². The number of aliphatic hydroxyl groups is 1. The van der Waals surface area contributed by atoms with E-state index in [4.69, 9.17) is 14.9 Å². The molecular weight excluding hydrogens is 408 g/mol. The first-order valence-electron chi connectivity index (χ1n) is 8.91. The van der Waals surface area contributed by atoms with E-state index < -0.39 is 45.6 Å². The van der Waals surface area contributed by atoms with Crippen LogP contribution in [0.25, 0.3) is 0 Å². The maximum atomic E-state index is 12.1. The molecule has 0 aliphatic rings. The molecule has 0 fully saturated rings. The molecule has 0 aliphatic heterocycles. The van der Waals surface area contributed by atoms with Crippen LogP contribution < -0.4 is 5.32 Å². The second-order valence-corrected chi connectivity index (χ2v) is 11.0. The first kappa shape index (κ1) is 25.0. The summed E-state index contributed by atoms with van der Waals surface area (Å²) in [5.74, 6) is -1.91. The Morgan fingerprint density at radius 1 is 1.00 bits per heavy atom. The van der Waals surface area contributed by atoms with Crippen molar-refractivity contribution in [3.8, 4) is 0 Å². The van der Waals surface area contributed by atoms with Gasteiger partial charge in [-0.25, -0.2) is 0 Å². The standard InChI is InChI=1S/C17H29NO8P2/c1-12(2)9-14-5-3-13(4-6-14)7-8-16(20)18-17(28(24,25)26)10-15(11-19)27(21,22)23/h3-6,12,15,17,19H,7-11H2,1-2H3,(H,18,20)(H2,21,22,23)(H2,24,25,26). The van der Waals surface area contributed by atoms with Gasteiger partial charge in [0, 0.05) is 6.42 Å². The highest BCUT2D eigenvalue weighted by Crippen LogP contribution is 2.49. The summed E-state index contributed by atoms with van der Waals surface area (Å²) in [6.07, 6.45) is 0.514. The fourth-order valence-electron chi connectivity index (χ4n) is 2.69. The summed E-state index contributed by atoms with van der Waals surface area (Å²) in [5, 5.41) is 11.2. The third kappa shape index (κ3) is 8.97. The summed E-state index contributed by atoms with van der Waals surface area (Å²) in [6, 6.07) is 7.72. The van der Waals surface area contributed by atoms with Crippen LogP contribution in [0.3, 0.4) is 0 Å². The third-order valence-corrected chi connectivity index (χ3v) is 6.70. The number of benzene rings is 1. The van der Waals surface area contributed by atoms with Crippen molar-refractivity contribution in [3.05, 3.63) is 35.4 Å². The Hall–Kier alpha value is -1.05. The zero-order valence-corrected chi connectivity index (χ0v) is 17.7. The largest absolute Gasteiger partial charge is 0.395 e. The molecule has 28 heavy (non-hydrogen) atoms. The molecule has 160 valence electrons. The van der Waals surface area contributed by atoms with Gasteiger partial charge in [-0.2, -0.15) is 0 Å². The van der Waals surface area contributed by atoms with Crippen molar-refractivity contribution >= 4 is 21.1 Å². The van der Waals surface area contributed by atoms with Crippen LogP contribution in [0.1, 0.15) is 37.8 Å². The Kier molecular flexibility index (Phi) is 9.50. The predicted octanol–water partition coefficient (Wildman–Crippen LogP) is 1.37. The minimum Gasteiger partial charge on any atom is -0.395 e. The second kappa shape index (κ2) is 10.6. The van der Waals surface area contributed by atoms with Gasteiger partial charge in [0.05, 0.1) is 12.3 Å². The monoisotopic (exact) mass is 437 g/mol. The Labute approximate surface area is 164 Å². The van der Waals surface area contributed by atoms with Gasteiger partial charge in [0.15, 0.2) is 0 Å². The van der Waals surface area contributed by atoms with Crippen LogP contribution in [0.2, 0.25) is 0 Å². The molecule has 0 saturated carbocycles. The van der Waals surface area contributed by atoms with Crippen molar-refractivity contribution in [1.82, 2.24) is 5.32 Å². The van der Waals surface area contributed by atoms with Gasteiger partial charge in [0.1, 0.15) is 5.78 Å². The molecular formula is C17H29NO8P2. The zero-order chi connectivity index (χ0) is 21.5. The molecule has 0 aliphatic carbocycles. The Morgan fingerprint density at radius 3 is 1.96 bits per heavy atom. The first-order chi connectivity index (χ1) is 12.8. The average molecular weight is 437 g/mol. The van der Waals surface area contributed by atoms with E-state index in [0.717, 1.165) is 12.0 Å². The van der Waals surface area contributed by atoms with Crippen LogP contribution >= 0.6 is 15.2 Å². The molecule has 1 rings (SSSR count). The van der Waals surface area contributed by atoms with Crippen molar-refractivity contribution in [1.29, 1.82) is 0 Å². The molecule has 6 N–H and O–H groups in total. The van der Waals surface area contributed by atoms with E-state index in [1.807, 2.05) is 24.3 Å². The highest BCUT2D eigenvalue weighted by atomic mass is 31.2. The van der Waals surface area contributed by atoms with Crippen molar-refractivity contribution in [2.75, 3.05) is 6.61 Å². The third-order valence-electron chi connectivity index (χ3n) is 4.22. The van der Waals surface area contributed by atoms with Crippen LogP contribution in [-0.4, -0.2) is 48.6 Å². The van der Waals surface area contributed by atoms with Crippen molar-refractivity contribution in [3.63, 3.8) is 0 Å². The van der Waals surface area contributed by atoms with E-state index in [-0.39, 0.29) is 6.42 Å². The molecule has 2 atom stereocenters. The molecule has 2 unspecified atom stereocenters. The Balaban J connectivity index is 2.68. The number of hydrogen-bond acceptors (Lipinski definition) is 4. The fraction of sp³-hybridized carbons (Fsp3) is 0.588. The molecule has 1 aromatic carbocycles. The van der Waals surface area contributed by atoms with Gasteiger partial charge in [-0.15, -0.1) is 0 Å². The molecule has 0 saturated heterocycles. The highest BCUT2D eigenvalue weighted by molar-refractivity contribution is 7.53. The Morgan fingerprint density at radius 2 is 1.54 bits per heavy atom. The van der Waals surface area contributed by atoms with Gasteiger partial charge >= 0.3 is 15.2 Å². The number of rotatable bonds is 11. The van der Waals surface area contributed by atoms with E-state index in [9.17, 15) is 23.7 Å². The highest BCUT2D eigenvalue weighted by Gasteiger charge is 2.38. The Bertz CT molecular complexity index is 725. The normalized spacial score (nSPS) is 14.7. The lowest BCUT2D eigenvalue weighted by Gasteiger charge is -2.24. The fourth-order valence-corrected chi connectivity index (χ4v) is 4.39. The van der Waals surface area contributed by atoms with E-state index in [0.29, 0.717) is 12.3 Å². The molecule has 9 nitrogen and oxygen atoms in total. The smallest absolute Gasteiger partial charge is 0.347 e. The van der Waals surface area contributed by atoms with Crippen LogP contribution in [0.5, 0.6) is 0 Å². The first-order valence-corrected chi connectivity index (χ1v) is 12.3. The minimum atomic E-state index is -4.87. The van der Waals surface area contributed by atoms with Gasteiger partial charge in [0.25, 0.3) is 0 Å². The molecule has 1 amide bonds. The van der Waals surface area contributed by atoms with Gasteiger partial charge < -0.3 is 30.0 Å². The predicted molar refractivity (Wildman–Crippen MR) is 105 cm³/mol. The topological polar surface area (TPSA) is 164 Å². The SMILES string of the molecule is CC(C)Cc1ccc(CCC(=O)NC(CC(CO)P(=O)(O)O)P(=O)(O)O)cc1. The summed E-state index contributed by atoms with van der Waals surface area (Å²) >= 11 is 0. The van der Waals surface area contributed by atoms with E-state index in [1.165, 1.54) is 5.56 Å². The summed E-state index contributed by atoms with van der Waals surface area (Å²) in [7, 11) is -9.63. The van der Waals surface area contributed by atoms with Gasteiger partial charge in [0.2, 0.25) is 5.91 Å². The maximum Gasteiger partial charge on any atom is 0.347 e. The summed E-state index contributed by atoms with van der Waals surface area (Å²) in [5.41, 5.74) is 0.398. The van der Waals surface area contributed by atoms with Crippen molar-refractivity contribution in [2.45, 2.75) is 51.0 Å². The lowest BCUT2D eigenvalue weighted by Crippen LogP contribution is -2.38. The van der Waals surface area contributed by atoms with Gasteiger partial charge in [-0.3, -0.25) is 13.9 Å². The summed E-state index contributed by atoms with van der Waals surface area (Å²) < 4.78 is 22.9. The van der Waals surface area contributed by atoms with Gasteiger partial charge in [-0.1, -0.05) is 38.1 Å². The number of hydrogen-bond donors (Lipinski definition) is 6. The van der Waals surface area contributed by atoms with Crippen LogP contribution in [-0.2, 0) is 26.8 Å².